The molecule has 0 saturated heterocycles. The Morgan fingerprint density at radius 2 is 2.00 bits per heavy atom. The van der Waals surface area contributed by atoms with E-state index in [2.05, 4.69) is 10.3 Å². The van der Waals surface area contributed by atoms with Crippen molar-refractivity contribution in [1.82, 2.24) is 4.98 Å². The predicted molar refractivity (Wildman–Crippen MR) is 66.5 cm³/mol. The van der Waals surface area contributed by atoms with Gasteiger partial charge in [0, 0.05) is 11.6 Å². The normalized spacial score (nSPS) is 11.7. The van der Waals surface area contributed by atoms with Crippen LogP contribution in [0.25, 0.3) is 10.8 Å². The third kappa shape index (κ3) is 2.14. The molecule has 3 nitrogen and oxygen atoms in total. The van der Waals surface area contributed by atoms with Gasteiger partial charge in [-0.15, -0.1) is 0 Å². The van der Waals surface area contributed by atoms with Crippen molar-refractivity contribution in [3.63, 3.8) is 0 Å². The largest absolute Gasteiger partial charge is 0.394 e. The molecule has 2 rings (SSSR count). The van der Waals surface area contributed by atoms with Crippen molar-refractivity contribution < 1.29 is 5.11 Å². The molecular formula is C13H16N2O. The Balaban J connectivity index is 2.45. The number of nitrogens with zero attached hydrogens (tertiary/aromatic N) is 1. The van der Waals surface area contributed by atoms with Gasteiger partial charge < -0.3 is 10.4 Å². The van der Waals surface area contributed by atoms with Crippen molar-refractivity contribution in [2.24, 2.45) is 0 Å². The van der Waals surface area contributed by atoms with Gasteiger partial charge in [-0.25, -0.2) is 4.98 Å². The first-order valence-corrected chi connectivity index (χ1v) is 5.35. The summed E-state index contributed by atoms with van der Waals surface area (Å²) in [5, 5.41) is 14.7. The van der Waals surface area contributed by atoms with Crippen LogP contribution in [-0.2, 0) is 0 Å². The standard InChI is InChI=1S/C13H16N2O/c1-13(2,9-16)15-12-11-6-4-3-5-10(11)7-8-14-12/h3-8,16H,9H2,1-2H3,(H,14,15). The molecule has 0 aliphatic heterocycles. The Morgan fingerprint density at radius 3 is 2.75 bits per heavy atom. The summed E-state index contributed by atoms with van der Waals surface area (Å²) in [5.74, 6) is 0.817. The number of aliphatic hydroxyl groups is 1. The highest BCUT2D eigenvalue weighted by Crippen LogP contribution is 2.23. The van der Waals surface area contributed by atoms with Crippen molar-refractivity contribution in [1.29, 1.82) is 0 Å². The maximum Gasteiger partial charge on any atom is 0.134 e. The number of anilines is 1. The van der Waals surface area contributed by atoms with Crippen LogP contribution in [-0.4, -0.2) is 22.2 Å². The number of hydrogen-bond donors (Lipinski definition) is 2. The number of fused-ring (bicyclic) bond motifs is 1. The van der Waals surface area contributed by atoms with Crippen LogP contribution in [0, 0.1) is 0 Å². The first-order chi connectivity index (χ1) is 7.62. The second-order valence-electron chi connectivity index (χ2n) is 4.55. The topological polar surface area (TPSA) is 45.1 Å². The van der Waals surface area contributed by atoms with E-state index in [0.29, 0.717) is 0 Å². The maximum atomic E-state index is 9.24. The van der Waals surface area contributed by atoms with E-state index >= 15 is 0 Å². The zero-order valence-corrected chi connectivity index (χ0v) is 9.57. The number of pyridine rings is 1. The summed E-state index contributed by atoms with van der Waals surface area (Å²) in [6.07, 6.45) is 1.78. The van der Waals surface area contributed by atoms with E-state index in [4.69, 9.17) is 0 Å². The lowest BCUT2D eigenvalue weighted by atomic mass is 10.1. The summed E-state index contributed by atoms with van der Waals surface area (Å²) in [4.78, 5) is 4.32. The first kappa shape index (κ1) is 10.9. The van der Waals surface area contributed by atoms with Crippen LogP contribution in [0.5, 0.6) is 0 Å². The number of nitrogens with one attached hydrogen (secondary N) is 1. The summed E-state index contributed by atoms with van der Waals surface area (Å²) >= 11 is 0. The van der Waals surface area contributed by atoms with Gasteiger partial charge in [0.2, 0.25) is 0 Å². The summed E-state index contributed by atoms with van der Waals surface area (Å²) in [6.45, 7) is 3.95. The highest BCUT2D eigenvalue weighted by Gasteiger charge is 2.17. The number of benzene rings is 1. The fourth-order valence-corrected chi connectivity index (χ4v) is 1.58. The van der Waals surface area contributed by atoms with Crippen molar-refractivity contribution in [3.05, 3.63) is 36.5 Å². The quantitative estimate of drug-likeness (QED) is 0.828. The summed E-state index contributed by atoms with van der Waals surface area (Å²) in [5.41, 5.74) is -0.364. The minimum Gasteiger partial charge on any atom is -0.394 e. The third-order valence-corrected chi connectivity index (χ3v) is 2.53. The van der Waals surface area contributed by atoms with Gasteiger partial charge in [0.15, 0.2) is 0 Å². The second-order valence-corrected chi connectivity index (χ2v) is 4.55. The Morgan fingerprint density at radius 1 is 1.25 bits per heavy atom. The minimum absolute atomic E-state index is 0.0674. The molecule has 0 saturated carbocycles. The molecule has 1 aromatic carbocycles. The van der Waals surface area contributed by atoms with E-state index in [9.17, 15) is 5.11 Å². The molecule has 0 amide bonds. The fourth-order valence-electron chi connectivity index (χ4n) is 1.58. The molecule has 0 unspecified atom stereocenters. The van der Waals surface area contributed by atoms with Crippen LogP contribution in [0.1, 0.15) is 13.8 Å². The Kier molecular flexibility index (Phi) is 2.79. The fraction of sp³-hybridized carbons (Fsp3) is 0.308. The van der Waals surface area contributed by atoms with Crippen LogP contribution < -0.4 is 5.32 Å². The minimum atomic E-state index is -0.364. The lowest BCUT2D eigenvalue weighted by molar-refractivity contribution is 0.234. The van der Waals surface area contributed by atoms with Crippen LogP contribution >= 0.6 is 0 Å². The van der Waals surface area contributed by atoms with Gasteiger partial charge in [-0.05, 0) is 25.3 Å². The first-order valence-electron chi connectivity index (χ1n) is 5.35. The van der Waals surface area contributed by atoms with Crippen molar-refractivity contribution >= 4 is 16.6 Å². The van der Waals surface area contributed by atoms with E-state index in [0.717, 1.165) is 16.6 Å². The van der Waals surface area contributed by atoms with Gasteiger partial charge in [0.1, 0.15) is 5.82 Å². The zero-order chi connectivity index (χ0) is 11.6. The van der Waals surface area contributed by atoms with E-state index in [1.54, 1.807) is 6.20 Å². The van der Waals surface area contributed by atoms with E-state index in [-0.39, 0.29) is 12.1 Å². The second kappa shape index (κ2) is 4.10. The molecule has 16 heavy (non-hydrogen) atoms. The van der Waals surface area contributed by atoms with Gasteiger partial charge in [0.05, 0.1) is 12.1 Å². The average molecular weight is 216 g/mol. The molecule has 2 aromatic rings. The van der Waals surface area contributed by atoms with Crippen LogP contribution in [0.3, 0.4) is 0 Å². The SMILES string of the molecule is CC(C)(CO)Nc1nccc2ccccc12. The lowest BCUT2D eigenvalue weighted by Crippen LogP contribution is -2.35. The van der Waals surface area contributed by atoms with Gasteiger partial charge in [-0.2, -0.15) is 0 Å². The summed E-state index contributed by atoms with van der Waals surface area (Å²) in [6, 6.07) is 10.0. The molecule has 2 N–H and O–H groups in total. The molecule has 0 radical (unpaired) electrons. The number of hydrogen-bond acceptors (Lipinski definition) is 3. The molecule has 0 fully saturated rings. The monoisotopic (exact) mass is 216 g/mol. The van der Waals surface area contributed by atoms with Crippen LogP contribution in [0.4, 0.5) is 5.82 Å². The van der Waals surface area contributed by atoms with Crippen molar-refractivity contribution in [2.45, 2.75) is 19.4 Å². The van der Waals surface area contributed by atoms with Crippen molar-refractivity contribution in [2.75, 3.05) is 11.9 Å². The predicted octanol–water partition coefficient (Wildman–Crippen LogP) is 2.42. The van der Waals surface area contributed by atoms with Gasteiger partial charge in [-0.3, -0.25) is 0 Å². The number of aliphatic hydroxyl groups excluding tert-OH is 1. The van der Waals surface area contributed by atoms with E-state index in [1.807, 2.05) is 44.2 Å². The maximum absolute atomic E-state index is 9.24. The summed E-state index contributed by atoms with van der Waals surface area (Å²) in [7, 11) is 0. The van der Waals surface area contributed by atoms with Gasteiger partial charge >= 0.3 is 0 Å². The highest BCUT2D eigenvalue weighted by molar-refractivity contribution is 5.91. The molecule has 84 valence electrons. The van der Waals surface area contributed by atoms with Gasteiger partial charge in [-0.1, -0.05) is 24.3 Å². The van der Waals surface area contributed by atoms with E-state index < -0.39 is 0 Å². The Labute approximate surface area is 95.1 Å². The van der Waals surface area contributed by atoms with E-state index in [1.165, 1.54) is 0 Å². The Bertz CT molecular complexity index is 489. The number of aromatic nitrogens is 1. The molecule has 3 heteroatoms. The summed E-state index contributed by atoms with van der Waals surface area (Å²) < 4.78 is 0. The van der Waals surface area contributed by atoms with Crippen LogP contribution in [0.2, 0.25) is 0 Å². The number of rotatable bonds is 3. The highest BCUT2D eigenvalue weighted by atomic mass is 16.3. The molecule has 0 aliphatic rings. The molecular weight excluding hydrogens is 200 g/mol. The molecule has 0 bridgehead atoms. The van der Waals surface area contributed by atoms with Crippen molar-refractivity contribution in [3.8, 4) is 0 Å². The smallest absolute Gasteiger partial charge is 0.134 e. The van der Waals surface area contributed by atoms with Gasteiger partial charge in [0.25, 0.3) is 0 Å². The molecule has 1 aromatic heterocycles. The molecule has 0 aliphatic carbocycles. The Hall–Kier alpha value is -1.61. The lowest BCUT2D eigenvalue weighted by Gasteiger charge is -2.24. The molecule has 0 atom stereocenters. The van der Waals surface area contributed by atoms with Crippen LogP contribution in [0.15, 0.2) is 36.5 Å². The average Bonchev–Trinajstić information content (AvgIpc) is 2.29. The molecule has 1 heterocycles. The third-order valence-electron chi connectivity index (χ3n) is 2.53. The zero-order valence-electron chi connectivity index (χ0n) is 9.57. The molecule has 0 spiro atoms.